The topological polar surface area (TPSA) is 135 Å². The summed E-state index contributed by atoms with van der Waals surface area (Å²) in [7, 11) is 0. The van der Waals surface area contributed by atoms with E-state index in [-0.39, 0.29) is 12.0 Å². The highest BCUT2D eigenvalue weighted by Crippen LogP contribution is 2.62. The molecule has 0 aromatic heterocycles. The van der Waals surface area contributed by atoms with Gasteiger partial charge in [-0.3, -0.25) is 19.2 Å². The zero-order chi connectivity index (χ0) is 27.7. The Morgan fingerprint density at radius 1 is 1.05 bits per heavy atom. The second-order valence-electron chi connectivity index (χ2n) is 10.7. The van der Waals surface area contributed by atoms with Crippen molar-refractivity contribution < 1.29 is 48.0 Å². The summed E-state index contributed by atoms with van der Waals surface area (Å²) >= 11 is 6.75. The molecule has 1 saturated carbocycles. The molecule has 0 aromatic carbocycles. The Hall–Kier alpha value is -2.43. The number of alkyl halides is 1. The van der Waals surface area contributed by atoms with Crippen LogP contribution in [0.5, 0.6) is 0 Å². The lowest BCUT2D eigenvalue weighted by Gasteiger charge is -2.62. The van der Waals surface area contributed by atoms with Gasteiger partial charge >= 0.3 is 23.9 Å². The fourth-order valence-corrected chi connectivity index (χ4v) is 7.20. The van der Waals surface area contributed by atoms with Crippen molar-refractivity contribution in [2.45, 2.75) is 95.1 Å². The minimum absolute atomic E-state index is 0.00357. The lowest BCUT2D eigenvalue weighted by atomic mass is 9.53. The third-order valence-corrected chi connectivity index (χ3v) is 9.00. The third-order valence-electron chi connectivity index (χ3n) is 8.51. The Balaban J connectivity index is 2.06. The van der Waals surface area contributed by atoms with E-state index >= 15 is 0 Å². The van der Waals surface area contributed by atoms with Gasteiger partial charge in [0.25, 0.3) is 0 Å². The highest BCUT2D eigenvalue weighted by Gasteiger charge is 2.76. The predicted octanol–water partition coefficient (Wildman–Crippen LogP) is 2.34. The summed E-state index contributed by atoms with van der Waals surface area (Å²) in [6.07, 6.45) is -4.01. The number of ether oxygens (including phenoxy) is 5. The Kier molecular flexibility index (Phi) is 6.79. The maximum absolute atomic E-state index is 13.0. The molecule has 0 unspecified atom stereocenters. The number of hydrogen-bond donors (Lipinski definition) is 1. The van der Waals surface area contributed by atoms with Gasteiger partial charge in [0.2, 0.25) is 0 Å². The first-order valence-corrected chi connectivity index (χ1v) is 12.7. The van der Waals surface area contributed by atoms with Crippen LogP contribution in [0.2, 0.25) is 0 Å². The molecule has 10 atom stereocenters. The first-order valence-electron chi connectivity index (χ1n) is 12.2. The van der Waals surface area contributed by atoms with E-state index in [0.29, 0.717) is 18.4 Å². The quantitative estimate of drug-likeness (QED) is 0.246. The van der Waals surface area contributed by atoms with Crippen LogP contribution in [0.15, 0.2) is 24.3 Å². The van der Waals surface area contributed by atoms with Crippen molar-refractivity contribution in [3.05, 3.63) is 24.3 Å². The fourth-order valence-electron chi connectivity index (χ4n) is 6.78. The van der Waals surface area contributed by atoms with E-state index in [2.05, 4.69) is 13.2 Å². The number of carbonyl (C=O) groups excluding carboxylic acids is 4. The molecule has 3 heterocycles. The van der Waals surface area contributed by atoms with E-state index in [0.717, 1.165) is 0 Å². The van der Waals surface area contributed by atoms with Gasteiger partial charge in [-0.2, -0.15) is 0 Å². The van der Waals surface area contributed by atoms with Crippen LogP contribution in [0.4, 0.5) is 0 Å². The number of carbonyl (C=O) groups is 4. The molecule has 4 fully saturated rings. The zero-order valence-corrected chi connectivity index (χ0v) is 22.3. The largest absolute Gasteiger partial charge is 0.462 e. The molecular weight excluding hydrogens is 508 g/mol. The van der Waals surface area contributed by atoms with Gasteiger partial charge in [-0.25, -0.2) is 0 Å². The van der Waals surface area contributed by atoms with Crippen molar-refractivity contribution in [2.24, 2.45) is 17.3 Å². The second kappa shape index (κ2) is 9.10. The van der Waals surface area contributed by atoms with Crippen molar-refractivity contribution in [1.29, 1.82) is 0 Å². The molecule has 37 heavy (non-hydrogen) atoms. The lowest BCUT2D eigenvalue weighted by Crippen LogP contribution is -2.75. The van der Waals surface area contributed by atoms with Gasteiger partial charge in [0.15, 0.2) is 17.5 Å². The smallest absolute Gasteiger partial charge is 0.312 e. The summed E-state index contributed by atoms with van der Waals surface area (Å²) in [6, 6.07) is 0. The molecule has 11 heteroatoms. The number of rotatable bonds is 3. The van der Waals surface area contributed by atoms with Crippen molar-refractivity contribution in [3.63, 3.8) is 0 Å². The molecule has 0 amide bonds. The SMILES string of the molecule is C=C1CC[C@H](OC(C)=O)[C@@]2(C)[C@H]1[C@@H](OC(C)=O)[C@@]13O[C@](O)(C[C@H]2OC(C)=O)C(=C)[C@H](Cl)[C@@H]1OC(=O)[C@@H]3C. The lowest BCUT2D eigenvalue weighted by molar-refractivity contribution is -0.344. The molecule has 4 rings (SSSR count). The van der Waals surface area contributed by atoms with Crippen molar-refractivity contribution in [2.75, 3.05) is 0 Å². The molecule has 10 nitrogen and oxygen atoms in total. The van der Waals surface area contributed by atoms with Crippen LogP contribution in [0, 0.1) is 17.3 Å². The first-order chi connectivity index (χ1) is 17.1. The predicted molar refractivity (Wildman–Crippen MR) is 128 cm³/mol. The average molecular weight is 541 g/mol. The Morgan fingerprint density at radius 2 is 1.62 bits per heavy atom. The zero-order valence-electron chi connectivity index (χ0n) is 21.6. The average Bonchev–Trinajstić information content (AvgIpc) is 3.03. The fraction of sp³-hybridized carbons (Fsp3) is 0.692. The van der Waals surface area contributed by atoms with Gasteiger partial charge < -0.3 is 28.8 Å². The van der Waals surface area contributed by atoms with Gasteiger partial charge in [-0.05, 0) is 19.8 Å². The molecule has 0 aromatic rings. The minimum Gasteiger partial charge on any atom is -0.462 e. The third kappa shape index (κ3) is 3.99. The molecule has 0 radical (unpaired) electrons. The molecule has 1 aliphatic carbocycles. The maximum atomic E-state index is 13.0. The van der Waals surface area contributed by atoms with Crippen molar-refractivity contribution in [1.82, 2.24) is 0 Å². The molecule has 2 bridgehead atoms. The van der Waals surface area contributed by atoms with Gasteiger partial charge in [-0.1, -0.05) is 25.7 Å². The van der Waals surface area contributed by atoms with Crippen molar-refractivity contribution >= 4 is 35.5 Å². The summed E-state index contributed by atoms with van der Waals surface area (Å²) in [5, 5.41) is 10.8. The van der Waals surface area contributed by atoms with Gasteiger partial charge in [0.1, 0.15) is 18.3 Å². The van der Waals surface area contributed by atoms with E-state index in [1.54, 1.807) is 13.8 Å². The van der Waals surface area contributed by atoms with Crippen LogP contribution in [0.3, 0.4) is 0 Å². The van der Waals surface area contributed by atoms with Crippen LogP contribution in [-0.4, -0.2) is 70.2 Å². The Morgan fingerprint density at radius 3 is 2.19 bits per heavy atom. The molecule has 1 spiro atoms. The summed E-state index contributed by atoms with van der Waals surface area (Å²) in [4.78, 5) is 50.0. The molecule has 4 aliphatic rings. The summed E-state index contributed by atoms with van der Waals surface area (Å²) in [6.45, 7) is 15.1. The first kappa shape index (κ1) is 27.6. The summed E-state index contributed by atoms with van der Waals surface area (Å²) in [5.41, 5.74) is -2.42. The Bertz CT molecular complexity index is 1070. The van der Waals surface area contributed by atoms with E-state index in [4.69, 9.17) is 35.3 Å². The van der Waals surface area contributed by atoms with Gasteiger partial charge in [0, 0.05) is 38.7 Å². The van der Waals surface area contributed by atoms with E-state index in [1.807, 2.05) is 0 Å². The molecule has 3 aliphatic heterocycles. The normalized spacial score (nSPS) is 44.9. The highest BCUT2D eigenvalue weighted by molar-refractivity contribution is 6.23. The molecule has 204 valence electrons. The monoisotopic (exact) mass is 540 g/mol. The molecular formula is C26H33ClO10. The number of hydrogen-bond acceptors (Lipinski definition) is 10. The van der Waals surface area contributed by atoms with Crippen LogP contribution in [-0.2, 0) is 42.9 Å². The van der Waals surface area contributed by atoms with Crippen LogP contribution < -0.4 is 0 Å². The maximum Gasteiger partial charge on any atom is 0.312 e. The van der Waals surface area contributed by atoms with Crippen molar-refractivity contribution in [3.8, 4) is 0 Å². The van der Waals surface area contributed by atoms with E-state index in [9.17, 15) is 24.3 Å². The van der Waals surface area contributed by atoms with Crippen LogP contribution in [0.1, 0.15) is 53.9 Å². The second-order valence-corrected chi connectivity index (χ2v) is 11.2. The molecule has 3 saturated heterocycles. The number of esters is 4. The van der Waals surface area contributed by atoms with E-state index in [1.165, 1.54) is 20.8 Å². The molecule has 1 N–H and O–H groups in total. The summed E-state index contributed by atoms with van der Waals surface area (Å²) < 4.78 is 29.5. The van der Waals surface area contributed by atoms with Crippen LogP contribution in [0.25, 0.3) is 0 Å². The van der Waals surface area contributed by atoms with Gasteiger partial charge in [-0.15, -0.1) is 11.6 Å². The highest BCUT2D eigenvalue weighted by atomic mass is 35.5. The number of fused-ring (bicyclic) bond motifs is 2. The van der Waals surface area contributed by atoms with Crippen LogP contribution >= 0.6 is 11.6 Å². The summed E-state index contributed by atoms with van der Waals surface area (Å²) in [5.74, 6) is -6.65. The standard InChI is InChI=1S/C26H33ClO10/c1-11-8-9-17(33-14(4)28)24(7)18(34-15(5)29)10-25(32)12(2)20(27)22-26(37-25,13(3)23(31)36-22)21(19(11)24)35-16(6)30/h13,17-22,32H,1-2,8-10H2,3-7H3/t13-,17-,18+,19+,20-,21+,22-,24+,25+,26+/m0/s1. The Labute approximate surface area is 220 Å². The van der Waals surface area contributed by atoms with Gasteiger partial charge in [0.05, 0.1) is 16.7 Å². The minimum atomic E-state index is -2.21. The van der Waals surface area contributed by atoms with E-state index < -0.39 is 82.3 Å². The number of aliphatic hydroxyl groups is 1. The number of halogens is 1.